The fraction of sp³-hybridized carbons (Fsp3) is 0.211. The molecule has 0 saturated heterocycles. The molecule has 2 aromatic carbocycles. The van der Waals surface area contributed by atoms with Gasteiger partial charge in [0.15, 0.2) is 11.7 Å². The van der Waals surface area contributed by atoms with Gasteiger partial charge in [-0.15, -0.1) is 0 Å². The zero-order valence-electron chi connectivity index (χ0n) is 14.9. The monoisotopic (exact) mass is 371 g/mol. The molecule has 0 aromatic heterocycles. The fourth-order valence-electron chi connectivity index (χ4n) is 2.18. The minimum atomic E-state index is -0.420. The average Bonchev–Trinajstić information content (AvgIpc) is 2.59. The molecule has 0 aliphatic heterocycles. The first-order chi connectivity index (χ1) is 12.3. The topological polar surface area (TPSA) is 79.5 Å². The van der Waals surface area contributed by atoms with Crippen LogP contribution in [0.3, 0.4) is 0 Å². The van der Waals surface area contributed by atoms with Gasteiger partial charge in [0.2, 0.25) is 0 Å². The fourth-order valence-corrected chi connectivity index (χ4v) is 2.32. The molecule has 0 saturated carbocycles. The van der Waals surface area contributed by atoms with Gasteiger partial charge in [-0.2, -0.15) is 0 Å². The van der Waals surface area contributed by atoms with Gasteiger partial charge in [-0.25, -0.2) is 0 Å². The number of ether oxygens (including phenoxy) is 1. The van der Waals surface area contributed by atoms with E-state index < -0.39 is 5.91 Å². The van der Waals surface area contributed by atoms with Crippen molar-refractivity contribution in [1.82, 2.24) is 16.2 Å². The van der Waals surface area contributed by atoms with Gasteiger partial charge in [0, 0.05) is 5.56 Å². The molecule has 3 N–H and O–H groups in total. The van der Waals surface area contributed by atoms with Gasteiger partial charge in [-0.1, -0.05) is 35.4 Å². The molecule has 136 valence electrons. The average molecular weight is 371 g/mol. The number of hydrogen-bond acceptors (Lipinski definition) is 4. The second kappa shape index (κ2) is 8.96. The molecule has 0 bridgehead atoms. The van der Waals surface area contributed by atoms with Gasteiger partial charge in [0.05, 0.1) is 0 Å². The van der Waals surface area contributed by atoms with Crippen molar-refractivity contribution < 1.29 is 14.3 Å². The van der Waals surface area contributed by atoms with Crippen LogP contribution in [-0.2, 0) is 4.79 Å². The molecule has 2 aromatic rings. The van der Waals surface area contributed by atoms with Gasteiger partial charge in [0.25, 0.3) is 11.8 Å². The van der Waals surface area contributed by atoms with E-state index in [9.17, 15) is 9.59 Å². The van der Waals surface area contributed by atoms with Crippen LogP contribution < -0.4 is 20.9 Å². The predicted molar refractivity (Wildman–Crippen MR) is 104 cm³/mol. The third-order valence-corrected chi connectivity index (χ3v) is 3.75. The molecule has 0 fully saturated rings. The van der Waals surface area contributed by atoms with Crippen LogP contribution in [0.1, 0.15) is 27.0 Å². The number of carbonyl (C=O) groups is 2. The van der Waals surface area contributed by atoms with Crippen molar-refractivity contribution in [3.63, 3.8) is 0 Å². The molecule has 6 nitrogen and oxygen atoms in total. The number of aryl methyl sites for hydroxylation is 3. The molecule has 2 rings (SSSR count). The van der Waals surface area contributed by atoms with Crippen molar-refractivity contribution in [3.05, 3.63) is 64.7 Å². The Labute approximate surface area is 157 Å². The number of carbonyl (C=O) groups excluding carboxylic acids is 2. The van der Waals surface area contributed by atoms with E-state index in [4.69, 9.17) is 17.0 Å². The van der Waals surface area contributed by atoms with Crippen LogP contribution in [0, 0.1) is 20.8 Å². The number of hydrogen-bond donors (Lipinski definition) is 3. The van der Waals surface area contributed by atoms with E-state index in [1.54, 1.807) is 12.1 Å². The highest BCUT2D eigenvalue weighted by atomic mass is 32.1. The second-order valence-corrected chi connectivity index (χ2v) is 6.29. The first-order valence-electron chi connectivity index (χ1n) is 8.02. The summed E-state index contributed by atoms with van der Waals surface area (Å²) < 4.78 is 5.46. The number of rotatable bonds is 4. The van der Waals surface area contributed by atoms with Crippen molar-refractivity contribution in [1.29, 1.82) is 0 Å². The summed E-state index contributed by atoms with van der Waals surface area (Å²) in [6.07, 6.45) is 0. The van der Waals surface area contributed by atoms with Crippen LogP contribution in [0.25, 0.3) is 0 Å². The first-order valence-corrected chi connectivity index (χ1v) is 8.43. The highest BCUT2D eigenvalue weighted by Crippen LogP contribution is 2.18. The zero-order chi connectivity index (χ0) is 19.1. The maximum Gasteiger partial charge on any atom is 0.276 e. The van der Waals surface area contributed by atoms with Crippen molar-refractivity contribution in [2.24, 2.45) is 0 Å². The van der Waals surface area contributed by atoms with Gasteiger partial charge in [0.1, 0.15) is 5.75 Å². The zero-order valence-corrected chi connectivity index (χ0v) is 15.7. The van der Waals surface area contributed by atoms with Gasteiger partial charge < -0.3 is 4.74 Å². The van der Waals surface area contributed by atoms with E-state index in [-0.39, 0.29) is 17.6 Å². The van der Waals surface area contributed by atoms with E-state index in [0.717, 1.165) is 16.7 Å². The van der Waals surface area contributed by atoms with Crippen LogP contribution in [-0.4, -0.2) is 23.5 Å². The summed E-state index contributed by atoms with van der Waals surface area (Å²) in [7, 11) is 0. The number of benzene rings is 2. The van der Waals surface area contributed by atoms with Crippen LogP contribution in [0.5, 0.6) is 5.75 Å². The molecule has 0 heterocycles. The molecule has 0 aliphatic carbocycles. The number of thiocarbonyl (C=S) groups is 1. The Hall–Kier alpha value is -2.93. The third-order valence-electron chi connectivity index (χ3n) is 3.55. The first kappa shape index (κ1) is 19.4. The molecule has 0 radical (unpaired) electrons. The summed E-state index contributed by atoms with van der Waals surface area (Å²) in [6.45, 7) is 5.66. The lowest BCUT2D eigenvalue weighted by molar-refractivity contribution is -0.123. The molecule has 0 aliphatic rings. The van der Waals surface area contributed by atoms with Crippen molar-refractivity contribution in [2.75, 3.05) is 6.61 Å². The summed E-state index contributed by atoms with van der Waals surface area (Å²) in [5.74, 6) is -0.138. The largest absolute Gasteiger partial charge is 0.483 e. The lowest BCUT2D eigenvalue weighted by Gasteiger charge is -2.12. The van der Waals surface area contributed by atoms with Crippen LogP contribution in [0.2, 0.25) is 0 Å². The maximum atomic E-state index is 12.0. The van der Waals surface area contributed by atoms with Crippen molar-refractivity contribution in [3.8, 4) is 5.75 Å². The summed E-state index contributed by atoms with van der Waals surface area (Å²) in [5, 5.41) is 2.48. The Morgan fingerprint density at radius 2 is 1.62 bits per heavy atom. The Morgan fingerprint density at radius 3 is 2.27 bits per heavy atom. The summed E-state index contributed by atoms with van der Waals surface area (Å²) in [4.78, 5) is 23.8. The van der Waals surface area contributed by atoms with Crippen LogP contribution in [0.4, 0.5) is 0 Å². The Bertz CT molecular complexity index is 819. The van der Waals surface area contributed by atoms with E-state index in [1.165, 1.54) is 0 Å². The number of nitrogens with one attached hydrogen (secondary N) is 3. The molecule has 0 unspecified atom stereocenters. The molecular weight excluding hydrogens is 350 g/mol. The minimum absolute atomic E-state index is 0.00422. The molecule has 2 amide bonds. The van der Waals surface area contributed by atoms with E-state index in [1.807, 2.05) is 51.1 Å². The Kier molecular flexibility index (Phi) is 6.68. The van der Waals surface area contributed by atoms with Crippen molar-refractivity contribution in [2.45, 2.75) is 20.8 Å². The minimum Gasteiger partial charge on any atom is -0.483 e. The number of amides is 2. The maximum absolute atomic E-state index is 12.0. The van der Waals surface area contributed by atoms with E-state index in [0.29, 0.717) is 11.3 Å². The summed E-state index contributed by atoms with van der Waals surface area (Å²) in [6, 6.07) is 12.8. The molecular formula is C19H21N3O3S. The lowest BCUT2D eigenvalue weighted by Crippen LogP contribution is -2.49. The molecule has 7 heteroatoms. The van der Waals surface area contributed by atoms with Gasteiger partial charge in [-0.3, -0.25) is 25.8 Å². The van der Waals surface area contributed by atoms with E-state index >= 15 is 0 Å². The summed E-state index contributed by atoms with van der Waals surface area (Å²) >= 11 is 4.99. The highest BCUT2D eigenvalue weighted by molar-refractivity contribution is 7.80. The van der Waals surface area contributed by atoms with Crippen molar-refractivity contribution >= 4 is 29.1 Å². The molecule has 0 atom stereocenters. The predicted octanol–water partition coefficient (Wildman–Crippen LogP) is 2.33. The normalized spacial score (nSPS) is 9.96. The number of hydrazine groups is 1. The third kappa shape index (κ3) is 5.86. The van der Waals surface area contributed by atoms with Crippen LogP contribution >= 0.6 is 12.2 Å². The van der Waals surface area contributed by atoms with Crippen LogP contribution in [0.15, 0.2) is 42.5 Å². The quantitative estimate of drug-likeness (QED) is 0.568. The molecule has 26 heavy (non-hydrogen) atoms. The highest BCUT2D eigenvalue weighted by Gasteiger charge is 2.09. The smallest absolute Gasteiger partial charge is 0.276 e. The van der Waals surface area contributed by atoms with E-state index in [2.05, 4.69) is 16.2 Å². The Morgan fingerprint density at radius 1 is 0.962 bits per heavy atom. The second-order valence-electron chi connectivity index (χ2n) is 5.88. The lowest BCUT2D eigenvalue weighted by atomic mass is 10.1. The van der Waals surface area contributed by atoms with Gasteiger partial charge in [-0.05, 0) is 56.8 Å². The molecule has 0 spiro atoms. The Balaban J connectivity index is 1.75. The van der Waals surface area contributed by atoms with Gasteiger partial charge >= 0.3 is 0 Å². The summed E-state index contributed by atoms with van der Waals surface area (Å²) in [5.41, 5.74) is 8.46. The standard InChI is InChI=1S/C19H21N3O3S/c1-12-4-7-15(8-5-12)18(24)20-19(26)22-21-17(23)11-25-16-9-6-13(2)10-14(16)3/h4-10H,11H2,1-3H3,(H,21,23)(H2,20,22,24,26). The SMILES string of the molecule is Cc1ccc(C(=O)NC(=S)NNC(=O)COc2ccc(C)cc2C)cc1.